The molecule has 3 aromatic rings. The molecular formula is C20H23N7O2. The molecule has 3 N–H and O–H groups in total. The summed E-state index contributed by atoms with van der Waals surface area (Å²) in [6.45, 7) is 4.12. The molecule has 2 aromatic carbocycles. The molecule has 3 rings (SSSR count). The third-order valence-electron chi connectivity index (χ3n) is 3.89. The number of anilines is 1. The van der Waals surface area contributed by atoms with Crippen molar-refractivity contribution in [2.45, 2.75) is 33.0 Å². The highest BCUT2D eigenvalue weighted by molar-refractivity contribution is 5.89. The molecule has 0 aliphatic rings. The van der Waals surface area contributed by atoms with Crippen molar-refractivity contribution in [3.8, 4) is 11.4 Å². The minimum Gasteiger partial charge on any atom is -0.350 e. The average Bonchev–Trinajstić information content (AvgIpc) is 3.16. The highest BCUT2D eigenvalue weighted by Crippen LogP contribution is 2.12. The number of tetrazole rings is 1. The summed E-state index contributed by atoms with van der Waals surface area (Å²) in [5.41, 5.74) is 2.43. The number of nitrogens with zero attached hydrogens (tertiary/aromatic N) is 4. The summed E-state index contributed by atoms with van der Waals surface area (Å²) in [6.07, 6.45) is 0. The number of aromatic nitrogens is 4. The Morgan fingerprint density at radius 3 is 2.45 bits per heavy atom. The van der Waals surface area contributed by atoms with Crippen molar-refractivity contribution in [2.24, 2.45) is 0 Å². The second-order valence-corrected chi connectivity index (χ2v) is 6.74. The zero-order chi connectivity index (χ0) is 20.6. The molecule has 3 amide bonds. The Labute approximate surface area is 168 Å². The maximum Gasteiger partial charge on any atom is 0.319 e. The van der Waals surface area contributed by atoms with Crippen molar-refractivity contribution in [1.29, 1.82) is 0 Å². The monoisotopic (exact) mass is 393 g/mol. The van der Waals surface area contributed by atoms with Crippen LogP contribution in [0.3, 0.4) is 0 Å². The number of benzene rings is 2. The number of carbonyl (C=O) groups excluding carboxylic acids is 2. The zero-order valence-corrected chi connectivity index (χ0v) is 16.3. The van der Waals surface area contributed by atoms with Gasteiger partial charge in [0, 0.05) is 23.8 Å². The third kappa shape index (κ3) is 6.13. The van der Waals surface area contributed by atoms with Crippen LogP contribution >= 0.6 is 0 Å². The lowest BCUT2D eigenvalue weighted by atomic mass is 10.2. The molecule has 0 unspecified atom stereocenters. The van der Waals surface area contributed by atoms with Crippen LogP contribution in [0.2, 0.25) is 0 Å². The Balaban J connectivity index is 1.47. The van der Waals surface area contributed by atoms with Gasteiger partial charge in [0.2, 0.25) is 11.7 Å². The number of hydrogen-bond acceptors (Lipinski definition) is 5. The van der Waals surface area contributed by atoms with E-state index in [9.17, 15) is 9.59 Å². The van der Waals surface area contributed by atoms with E-state index in [1.165, 1.54) is 4.80 Å². The van der Waals surface area contributed by atoms with Gasteiger partial charge in [-0.25, -0.2) is 4.79 Å². The molecule has 0 fully saturated rings. The van der Waals surface area contributed by atoms with Crippen LogP contribution in [0.15, 0.2) is 54.6 Å². The first-order chi connectivity index (χ1) is 14.0. The number of hydrogen-bond donors (Lipinski definition) is 3. The topological polar surface area (TPSA) is 114 Å². The second kappa shape index (κ2) is 9.45. The van der Waals surface area contributed by atoms with Crippen LogP contribution < -0.4 is 16.0 Å². The fourth-order valence-electron chi connectivity index (χ4n) is 2.53. The summed E-state index contributed by atoms with van der Waals surface area (Å²) >= 11 is 0. The summed E-state index contributed by atoms with van der Waals surface area (Å²) in [5.74, 6) is 0.253. The molecule has 29 heavy (non-hydrogen) atoms. The second-order valence-electron chi connectivity index (χ2n) is 6.74. The van der Waals surface area contributed by atoms with Gasteiger partial charge in [0.25, 0.3) is 0 Å². The summed E-state index contributed by atoms with van der Waals surface area (Å²) in [7, 11) is 0. The molecule has 1 aromatic heterocycles. The lowest BCUT2D eigenvalue weighted by molar-refractivity contribution is -0.122. The van der Waals surface area contributed by atoms with Crippen molar-refractivity contribution >= 4 is 17.6 Å². The SMILES string of the molecule is CC(C)NC(=O)Nc1ccc(CNC(=O)Cn2nnc(-c3ccccc3)n2)cc1. The molecule has 0 atom stereocenters. The predicted molar refractivity (Wildman–Crippen MR) is 109 cm³/mol. The minimum atomic E-state index is -0.253. The fraction of sp³-hybridized carbons (Fsp3) is 0.250. The number of nitrogens with one attached hydrogen (secondary N) is 3. The maximum absolute atomic E-state index is 12.1. The Morgan fingerprint density at radius 2 is 1.76 bits per heavy atom. The first-order valence-corrected chi connectivity index (χ1v) is 9.26. The predicted octanol–water partition coefficient (Wildman–Crippen LogP) is 2.19. The molecule has 9 nitrogen and oxygen atoms in total. The van der Waals surface area contributed by atoms with E-state index in [1.54, 1.807) is 12.1 Å². The van der Waals surface area contributed by atoms with Gasteiger partial charge < -0.3 is 16.0 Å². The van der Waals surface area contributed by atoms with Crippen molar-refractivity contribution in [1.82, 2.24) is 30.8 Å². The van der Waals surface area contributed by atoms with Gasteiger partial charge in [0.15, 0.2) is 0 Å². The van der Waals surface area contributed by atoms with Gasteiger partial charge in [0.05, 0.1) is 0 Å². The van der Waals surface area contributed by atoms with E-state index in [4.69, 9.17) is 0 Å². The standard InChI is InChI=1S/C20H23N7O2/c1-14(2)22-20(29)23-17-10-8-15(9-11-17)12-21-18(28)13-27-25-19(24-26-27)16-6-4-3-5-7-16/h3-11,14H,12-13H2,1-2H3,(H,21,28)(H2,22,23,29). The van der Waals surface area contributed by atoms with E-state index >= 15 is 0 Å². The number of carbonyl (C=O) groups is 2. The van der Waals surface area contributed by atoms with Crippen LogP contribution in [0.4, 0.5) is 10.5 Å². The lowest BCUT2D eigenvalue weighted by Crippen LogP contribution is -2.34. The number of amides is 3. The highest BCUT2D eigenvalue weighted by Gasteiger charge is 2.09. The molecule has 1 heterocycles. The Hall–Kier alpha value is -3.75. The van der Waals surface area contributed by atoms with Crippen LogP contribution in [0.25, 0.3) is 11.4 Å². The summed E-state index contributed by atoms with van der Waals surface area (Å²) in [4.78, 5) is 25.1. The van der Waals surface area contributed by atoms with Gasteiger partial charge in [0.1, 0.15) is 6.54 Å². The zero-order valence-electron chi connectivity index (χ0n) is 16.3. The quantitative estimate of drug-likeness (QED) is 0.569. The van der Waals surface area contributed by atoms with Gasteiger partial charge in [-0.1, -0.05) is 42.5 Å². The van der Waals surface area contributed by atoms with Crippen LogP contribution in [-0.4, -0.2) is 38.2 Å². The van der Waals surface area contributed by atoms with Gasteiger partial charge in [-0.05, 0) is 36.8 Å². The van der Waals surface area contributed by atoms with E-state index in [0.29, 0.717) is 18.1 Å². The molecular weight excluding hydrogens is 370 g/mol. The Bertz CT molecular complexity index is 952. The van der Waals surface area contributed by atoms with E-state index in [1.807, 2.05) is 56.3 Å². The molecule has 9 heteroatoms. The van der Waals surface area contributed by atoms with Crippen molar-refractivity contribution in [2.75, 3.05) is 5.32 Å². The normalized spacial score (nSPS) is 10.6. The molecule has 0 saturated carbocycles. The molecule has 0 aliphatic heterocycles. The number of rotatable bonds is 7. The summed E-state index contributed by atoms with van der Waals surface area (Å²) in [5, 5.41) is 20.4. The number of urea groups is 1. The average molecular weight is 393 g/mol. The fourth-order valence-corrected chi connectivity index (χ4v) is 2.53. The van der Waals surface area contributed by atoms with E-state index in [-0.39, 0.29) is 24.5 Å². The summed E-state index contributed by atoms with van der Waals surface area (Å²) < 4.78 is 0. The Kier molecular flexibility index (Phi) is 6.51. The van der Waals surface area contributed by atoms with E-state index in [0.717, 1.165) is 11.1 Å². The van der Waals surface area contributed by atoms with E-state index in [2.05, 4.69) is 31.4 Å². The van der Waals surface area contributed by atoms with Crippen LogP contribution in [0.5, 0.6) is 0 Å². The van der Waals surface area contributed by atoms with Crippen molar-refractivity contribution in [3.63, 3.8) is 0 Å². The van der Waals surface area contributed by atoms with Crippen molar-refractivity contribution < 1.29 is 9.59 Å². The molecule has 0 radical (unpaired) electrons. The van der Waals surface area contributed by atoms with Crippen LogP contribution in [0.1, 0.15) is 19.4 Å². The van der Waals surface area contributed by atoms with Crippen molar-refractivity contribution in [3.05, 3.63) is 60.2 Å². The van der Waals surface area contributed by atoms with Gasteiger partial charge in [-0.3, -0.25) is 4.79 Å². The van der Waals surface area contributed by atoms with Gasteiger partial charge in [-0.15, -0.1) is 10.2 Å². The molecule has 0 spiro atoms. The molecule has 150 valence electrons. The van der Waals surface area contributed by atoms with Gasteiger partial charge in [-0.2, -0.15) is 4.80 Å². The highest BCUT2D eigenvalue weighted by atomic mass is 16.2. The molecule has 0 bridgehead atoms. The minimum absolute atomic E-state index is 0.0190. The first-order valence-electron chi connectivity index (χ1n) is 9.26. The first kappa shape index (κ1) is 20.0. The summed E-state index contributed by atoms with van der Waals surface area (Å²) in [6, 6.07) is 16.5. The molecule has 0 aliphatic carbocycles. The molecule has 0 saturated heterocycles. The Morgan fingerprint density at radius 1 is 1.03 bits per heavy atom. The van der Waals surface area contributed by atoms with Crippen LogP contribution in [-0.2, 0) is 17.9 Å². The van der Waals surface area contributed by atoms with E-state index < -0.39 is 0 Å². The van der Waals surface area contributed by atoms with Gasteiger partial charge >= 0.3 is 6.03 Å². The van der Waals surface area contributed by atoms with Crippen LogP contribution in [0, 0.1) is 0 Å². The third-order valence-corrected chi connectivity index (χ3v) is 3.89. The maximum atomic E-state index is 12.1. The smallest absolute Gasteiger partial charge is 0.319 e. The largest absolute Gasteiger partial charge is 0.350 e. The lowest BCUT2D eigenvalue weighted by Gasteiger charge is -2.10.